The smallest absolute Gasteiger partial charge is 0.236 e. The second kappa shape index (κ2) is 8.38. The fraction of sp³-hybridized carbons (Fsp3) is 0.308. The van der Waals surface area contributed by atoms with Crippen LogP contribution < -0.4 is 24.3 Å². The minimum absolute atomic E-state index is 0.0465. The number of phenolic OH excluding ortho intramolecular Hbond substituents is 1. The minimum atomic E-state index is -1.89. The van der Waals surface area contributed by atoms with E-state index in [0.717, 1.165) is 0 Å². The summed E-state index contributed by atoms with van der Waals surface area (Å²) in [5.41, 5.74) is -0.302. The minimum Gasteiger partial charge on any atom is -0.504 e. The number of nitrogens with zero attached hydrogens (tertiary/aromatic N) is 3. The predicted molar refractivity (Wildman–Crippen MR) is 135 cm³/mol. The van der Waals surface area contributed by atoms with Gasteiger partial charge in [0.25, 0.3) is 0 Å². The van der Waals surface area contributed by atoms with Crippen LogP contribution in [0.4, 0.5) is 5.95 Å². The number of ether oxygens (including phenoxy) is 4. The van der Waals surface area contributed by atoms with E-state index in [9.17, 15) is 14.7 Å². The van der Waals surface area contributed by atoms with Gasteiger partial charge in [0.05, 0.1) is 21.3 Å². The molecule has 6 rings (SSSR count). The number of nitrogens with one attached hydrogen (secondary N) is 1. The van der Waals surface area contributed by atoms with Gasteiger partial charge in [0, 0.05) is 23.3 Å². The zero-order valence-corrected chi connectivity index (χ0v) is 21.6. The number of benzene rings is 2. The Morgan fingerprint density at radius 3 is 2.55 bits per heavy atom. The van der Waals surface area contributed by atoms with E-state index in [1.54, 1.807) is 23.7 Å². The summed E-state index contributed by atoms with van der Waals surface area (Å²) in [6, 6.07) is 5.49. The van der Waals surface area contributed by atoms with Crippen LogP contribution in [0.3, 0.4) is 0 Å². The van der Waals surface area contributed by atoms with Gasteiger partial charge >= 0.3 is 0 Å². The summed E-state index contributed by atoms with van der Waals surface area (Å²) in [4.78, 5) is 33.0. The Hall–Kier alpha value is -4.25. The van der Waals surface area contributed by atoms with Crippen molar-refractivity contribution in [3.8, 4) is 28.7 Å². The number of carbonyl (C=O) groups excluding carboxylic acids is 2. The number of fused-ring (bicyclic) bond motifs is 2. The van der Waals surface area contributed by atoms with Crippen molar-refractivity contribution in [2.75, 3.05) is 26.6 Å². The van der Waals surface area contributed by atoms with Crippen molar-refractivity contribution in [2.24, 2.45) is 5.92 Å². The first-order valence-corrected chi connectivity index (χ1v) is 12.1. The quantitative estimate of drug-likeness (QED) is 0.475. The molecule has 3 aliphatic rings. The molecule has 1 aromatic heterocycles. The molecule has 196 valence electrons. The average molecular weight is 539 g/mol. The highest BCUT2D eigenvalue weighted by Gasteiger charge is 2.63. The number of Topliss-reactive ketones (excluding diaryl/α,β-unsaturated/α-hetero) is 2. The molecular formula is C26H23ClN4O7. The van der Waals surface area contributed by atoms with Crippen LogP contribution >= 0.6 is 11.6 Å². The summed E-state index contributed by atoms with van der Waals surface area (Å²) in [5.74, 6) is -0.541. The second-order valence-electron chi connectivity index (χ2n) is 9.28. The lowest BCUT2D eigenvalue weighted by Crippen LogP contribution is -2.58. The first kappa shape index (κ1) is 24.1. The lowest BCUT2D eigenvalue weighted by atomic mass is 9.69. The van der Waals surface area contributed by atoms with E-state index in [2.05, 4.69) is 15.4 Å². The highest BCUT2D eigenvalue weighted by Crippen LogP contribution is 2.55. The molecule has 11 nitrogen and oxygen atoms in total. The molecule has 0 unspecified atom stereocenters. The largest absolute Gasteiger partial charge is 0.504 e. The summed E-state index contributed by atoms with van der Waals surface area (Å²) in [6.07, 6.45) is 1.68. The number of hydrogen-bond acceptors (Lipinski definition) is 10. The topological polar surface area (TPSA) is 134 Å². The summed E-state index contributed by atoms with van der Waals surface area (Å²) in [5, 5.41) is 17.8. The van der Waals surface area contributed by atoms with Crippen molar-refractivity contribution in [1.29, 1.82) is 0 Å². The number of phenols is 1. The molecule has 2 aromatic carbocycles. The van der Waals surface area contributed by atoms with E-state index < -0.39 is 29.1 Å². The van der Waals surface area contributed by atoms with Crippen molar-refractivity contribution < 1.29 is 33.6 Å². The Labute approximate surface area is 221 Å². The molecule has 2 aliphatic heterocycles. The molecule has 0 saturated heterocycles. The Morgan fingerprint density at radius 1 is 1.11 bits per heavy atom. The van der Waals surface area contributed by atoms with E-state index in [-0.39, 0.29) is 44.9 Å². The second-order valence-corrected chi connectivity index (χ2v) is 9.66. The van der Waals surface area contributed by atoms with Crippen LogP contribution in [0.1, 0.15) is 35.3 Å². The van der Waals surface area contributed by atoms with Crippen molar-refractivity contribution >= 4 is 29.1 Å². The van der Waals surface area contributed by atoms with Crippen molar-refractivity contribution in [1.82, 2.24) is 14.8 Å². The molecule has 12 heteroatoms. The first-order chi connectivity index (χ1) is 18.3. The lowest BCUT2D eigenvalue weighted by molar-refractivity contribution is -0.130. The number of hydrogen-bond donors (Lipinski definition) is 2. The molecule has 3 heterocycles. The van der Waals surface area contributed by atoms with E-state index in [4.69, 9.17) is 30.5 Å². The van der Waals surface area contributed by atoms with Gasteiger partial charge in [-0.2, -0.15) is 10.1 Å². The normalized spacial score (nSPS) is 23.4. The van der Waals surface area contributed by atoms with Crippen LogP contribution in [0.2, 0.25) is 5.02 Å². The van der Waals surface area contributed by atoms with Gasteiger partial charge in [0.2, 0.25) is 23.1 Å². The number of methoxy groups -OCH3 is 3. The number of ketones is 2. The van der Waals surface area contributed by atoms with Crippen LogP contribution in [0.5, 0.6) is 28.7 Å². The van der Waals surface area contributed by atoms with Gasteiger partial charge in [-0.05, 0) is 24.1 Å². The highest BCUT2D eigenvalue weighted by atomic mass is 35.5. The maximum Gasteiger partial charge on any atom is 0.236 e. The van der Waals surface area contributed by atoms with Gasteiger partial charge in [-0.3, -0.25) is 9.59 Å². The molecular weight excluding hydrogens is 516 g/mol. The van der Waals surface area contributed by atoms with Crippen LogP contribution in [-0.2, 0) is 4.79 Å². The van der Waals surface area contributed by atoms with Crippen LogP contribution in [0.15, 0.2) is 41.9 Å². The molecule has 1 spiro atoms. The van der Waals surface area contributed by atoms with Gasteiger partial charge in [0.15, 0.2) is 17.2 Å². The fourth-order valence-electron chi connectivity index (χ4n) is 5.56. The molecule has 2 N–H and O–H groups in total. The highest BCUT2D eigenvalue weighted by molar-refractivity contribution is 6.36. The lowest BCUT2D eigenvalue weighted by Gasteiger charge is -2.41. The number of aromatic hydroxyl groups is 1. The van der Waals surface area contributed by atoms with E-state index >= 15 is 0 Å². The van der Waals surface area contributed by atoms with E-state index in [0.29, 0.717) is 23.6 Å². The van der Waals surface area contributed by atoms with Crippen molar-refractivity contribution in [3.63, 3.8) is 0 Å². The molecule has 0 amide bonds. The molecule has 38 heavy (non-hydrogen) atoms. The number of halogens is 1. The fourth-order valence-corrected chi connectivity index (χ4v) is 5.83. The number of aromatic nitrogens is 3. The predicted octanol–water partition coefficient (Wildman–Crippen LogP) is 3.55. The monoisotopic (exact) mass is 538 g/mol. The molecule has 1 aliphatic carbocycles. The summed E-state index contributed by atoms with van der Waals surface area (Å²) in [7, 11) is 4.29. The summed E-state index contributed by atoms with van der Waals surface area (Å²) in [6.45, 7) is 1.78. The zero-order chi connectivity index (χ0) is 26.9. The molecule has 3 aromatic rings. The third kappa shape index (κ3) is 3.02. The standard InChI is InChI=1S/C26H23ClN4O7/c1-11-7-13-18(21(31-25(30-13)28-10-29-31)12-5-6-14(32)15(8-12)35-2)23(33)26(11)24(34)19-16(36-3)9-17(37-4)20(27)22(19)38-26/h5-6,8-11,21,32H,7H2,1-4H3,(H,28,29,30)/t11-,21+,26+/m1/s1. The molecule has 3 atom stereocenters. The maximum absolute atomic E-state index is 14.6. The SMILES string of the molecule is COc1cc([C@H]2C3=C(C[C@@H](C)[C@]4(Oc5c(Cl)c(OC)cc(OC)c5C4=O)C3=O)Nc3ncnn32)ccc1O. The third-order valence-corrected chi connectivity index (χ3v) is 7.76. The molecule has 0 saturated carbocycles. The van der Waals surface area contributed by atoms with Gasteiger partial charge in [-0.15, -0.1) is 0 Å². The zero-order valence-electron chi connectivity index (χ0n) is 20.9. The van der Waals surface area contributed by atoms with Crippen LogP contribution in [0.25, 0.3) is 0 Å². The number of anilines is 1. The number of rotatable bonds is 4. The van der Waals surface area contributed by atoms with Crippen LogP contribution in [-0.4, -0.2) is 58.4 Å². The average Bonchev–Trinajstić information content (AvgIpc) is 3.50. The van der Waals surface area contributed by atoms with Crippen LogP contribution in [0, 0.1) is 5.92 Å². The van der Waals surface area contributed by atoms with Gasteiger partial charge in [0.1, 0.15) is 34.5 Å². The molecule has 0 bridgehead atoms. The molecule has 0 fully saturated rings. The first-order valence-electron chi connectivity index (χ1n) is 11.8. The van der Waals surface area contributed by atoms with Gasteiger partial charge in [-0.25, -0.2) is 4.68 Å². The maximum atomic E-state index is 14.6. The third-order valence-electron chi connectivity index (χ3n) is 7.40. The number of allylic oxidation sites excluding steroid dienone is 1. The van der Waals surface area contributed by atoms with E-state index in [1.807, 2.05) is 0 Å². The van der Waals surface area contributed by atoms with Gasteiger partial charge in [-0.1, -0.05) is 24.6 Å². The molecule has 0 radical (unpaired) electrons. The van der Waals surface area contributed by atoms with Gasteiger partial charge < -0.3 is 29.4 Å². The Morgan fingerprint density at radius 2 is 1.84 bits per heavy atom. The summed E-state index contributed by atoms with van der Waals surface area (Å²) >= 11 is 6.56. The Bertz CT molecular complexity index is 1570. The number of carbonyl (C=O) groups is 2. The summed E-state index contributed by atoms with van der Waals surface area (Å²) < 4.78 is 24.0. The Balaban J connectivity index is 1.54. The van der Waals surface area contributed by atoms with Crippen molar-refractivity contribution in [3.05, 3.63) is 58.0 Å². The Kier molecular flexibility index (Phi) is 5.32. The van der Waals surface area contributed by atoms with E-state index in [1.165, 1.54) is 39.8 Å². The van der Waals surface area contributed by atoms with Crippen molar-refractivity contribution in [2.45, 2.75) is 25.0 Å².